The van der Waals surface area contributed by atoms with Crippen LogP contribution in [0, 0.1) is 13.8 Å². The molecule has 146 valence electrons. The molecule has 0 aliphatic heterocycles. The van der Waals surface area contributed by atoms with Crippen LogP contribution in [0.2, 0.25) is 0 Å². The zero-order chi connectivity index (χ0) is 20.3. The molecular weight excluding hydrogens is 348 g/mol. The predicted octanol–water partition coefficient (Wildman–Crippen LogP) is 4.28. The number of aromatic nitrogens is 3. The molecule has 0 atom stereocenters. The van der Waals surface area contributed by atoms with Crippen molar-refractivity contribution in [3.05, 3.63) is 77.4 Å². The number of carbonyl (C=O) groups is 1. The number of amides is 1. The molecule has 0 aliphatic rings. The Balaban J connectivity index is 1.81. The Kier molecular flexibility index (Phi) is 5.83. The van der Waals surface area contributed by atoms with Gasteiger partial charge in [-0.15, -0.1) is 0 Å². The number of rotatable bonds is 6. The third-order valence-electron chi connectivity index (χ3n) is 4.91. The van der Waals surface area contributed by atoms with Crippen molar-refractivity contribution in [3.8, 4) is 5.69 Å². The van der Waals surface area contributed by atoms with Gasteiger partial charge in [-0.05, 0) is 57.5 Å². The quantitative estimate of drug-likeness (QED) is 0.603. The normalized spacial score (nSPS) is 11.5. The van der Waals surface area contributed by atoms with Crippen LogP contribution in [0.5, 0.6) is 0 Å². The van der Waals surface area contributed by atoms with Crippen LogP contribution >= 0.6 is 0 Å². The summed E-state index contributed by atoms with van der Waals surface area (Å²) in [5.41, 5.74) is 5.48. The predicted molar refractivity (Wildman–Crippen MR) is 113 cm³/mol. The lowest BCUT2D eigenvalue weighted by molar-refractivity contribution is -0.128. The lowest BCUT2D eigenvalue weighted by Crippen LogP contribution is -2.35. The molecule has 0 saturated carbocycles. The van der Waals surface area contributed by atoms with E-state index in [0.29, 0.717) is 6.54 Å². The van der Waals surface area contributed by atoms with Gasteiger partial charge in [-0.2, -0.15) is 5.10 Å². The molecule has 0 aliphatic carbocycles. The first-order valence-corrected chi connectivity index (χ1v) is 9.57. The highest BCUT2D eigenvalue weighted by atomic mass is 16.2. The number of aryl methyl sites for hydroxylation is 2. The van der Waals surface area contributed by atoms with Gasteiger partial charge in [0.15, 0.2) is 0 Å². The Bertz CT molecular complexity index is 979. The second-order valence-corrected chi connectivity index (χ2v) is 7.41. The van der Waals surface area contributed by atoms with Crippen LogP contribution in [-0.4, -0.2) is 31.2 Å². The molecule has 0 fully saturated rings. The molecule has 1 aromatic carbocycles. The minimum atomic E-state index is 0.00312. The van der Waals surface area contributed by atoms with Crippen molar-refractivity contribution < 1.29 is 4.79 Å². The Hall–Kier alpha value is -3.08. The number of para-hydroxylation sites is 1. The molecule has 3 rings (SSSR count). The second kappa shape index (κ2) is 8.30. The molecular formula is C23H28N4O. The molecule has 1 amide bonds. The first-order valence-electron chi connectivity index (χ1n) is 9.57. The summed E-state index contributed by atoms with van der Waals surface area (Å²) in [6, 6.07) is 12.5. The smallest absolute Gasteiger partial charge is 0.247 e. The molecule has 2 aromatic heterocycles. The Labute approximate surface area is 166 Å². The van der Waals surface area contributed by atoms with Crippen molar-refractivity contribution >= 4 is 12.0 Å². The fraction of sp³-hybridized carbons (Fsp3) is 0.304. The van der Waals surface area contributed by atoms with E-state index in [1.165, 1.54) is 0 Å². The van der Waals surface area contributed by atoms with Crippen LogP contribution < -0.4 is 0 Å². The van der Waals surface area contributed by atoms with E-state index in [9.17, 15) is 4.79 Å². The summed E-state index contributed by atoms with van der Waals surface area (Å²) in [6.45, 7) is 8.78. The van der Waals surface area contributed by atoms with Crippen molar-refractivity contribution in [2.75, 3.05) is 0 Å². The number of hydrogen-bond donors (Lipinski definition) is 0. The average Bonchev–Trinajstić information content (AvgIpc) is 3.20. The van der Waals surface area contributed by atoms with Crippen molar-refractivity contribution in [1.29, 1.82) is 0 Å². The summed E-state index contributed by atoms with van der Waals surface area (Å²) >= 11 is 0. The number of benzene rings is 1. The van der Waals surface area contributed by atoms with Gasteiger partial charge in [0.1, 0.15) is 0 Å². The van der Waals surface area contributed by atoms with Crippen molar-refractivity contribution in [1.82, 2.24) is 19.2 Å². The zero-order valence-electron chi connectivity index (χ0n) is 17.3. The summed E-state index contributed by atoms with van der Waals surface area (Å²) in [6.07, 6.45) is 7.34. The molecule has 0 bridgehead atoms. The van der Waals surface area contributed by atoms with E-state index in [1.54, 1.807) is 17.0 Å². The van der Waals surface area contributed by atoms with E-state index in [-0.39, 0.29) is 11.9 Å². The van der Waals surface area contributed by atoms with Crippen LogP contribution in [0.1, 0.15) is 36.4 Å². The summed E-state index contributed by atoms with van der Waals surface area (Å²) < 4.78 is 3.96. The van der Waals surface area contributed by atoms with Crippen LogP contribution in [0.4, 0.5) is 0 Å². The van der Waals surface area contributed by atoms with Gasteiger partial charge in [-0.3, -0.25) is 9.48 Å². The van der Waals surface area contributed by atoms with Gasteiger partial charge in [-0.1, -0.05) is 18.2 Å². The van der Waals surface area contributed by atoms with Gasteiger partial charge in [0.2, 0.25) is 5.91 Å². The maximum Gasteiger partial charge on any atom is 0.247 e. The van der Waals surface area contributed by atoms with E-state index in [4.69, 9.17) is 0 Å². The van der Waals surface area contributed by atoms with E-state index >= 15 is 0 Å². The van der Waals surface area contributed by atoms with Crippen molar-refractivity contribution in [2.24, 2.45) is 7.05 Å². The zero-order valence-corrected chi connectivity index (χ0v) is 17.3. The van der Waals surface area contributed by atoms with E-state index in [2.05, 4.69) is 41.7 Å². The highest BCUT2D eigenvalue weighted by Crippen LogP contribution is 2.22. The standard InChI is InChI=1S/C23H28N4O/c1-17(2)26(16-20-14-24-25(5)15-20)23(28)12-11-21-13-18(3)27(19(21)4)22-9-7-6-8-10-22/h6-15,17H,16H2,1-5H3. The lowest BCUT2D eigenvalue weighted by Gasteiger charge is -2.25. The minimum Gasteiger partial charge on any atom is -0.332 e. The molecule has 0 saturated heterocycles. The fourth-order valence-corrected chi connectivity index (χ4v) is 3.45. The maximum atomic E-state index is 12.8. The Morgan fingerprint density at radius 2 is 1.93 bits per heavy atom. The molecule has 0 radical (unpaired) electrons. The molecule has 0 unspecified atom stereocenters. The Morgan fingerprint density at radius 1 is 1.21 bits per heavy atom. The largest absolute Gasteiger partial charge is 0.332 e. The van der Waals surface area contributed by atoms with E-state index < -0.39 is 0 Å². The van der Waals surface area contributed by atoms with Gasteiger partial charge < -0.3 is 9.47 Å². The molecule has 2 heterocycles. The third kappa shape index (κ3) is 4.25. The number of carbonyl (C=O) groups excluding carboxylic acids is 1. The first-order chi connectivity index (χ1) is 13.4. The highest BCUT2D eigenvalue weighted by Gasteiger charge is 2.16. The second-order valence-electron chi connectivity index (χ2n) is 7.41. The summed E-state index contributed by atoms with van der Waals surface area (Å²) in [7, 11) is 1.88. The third-order valence-corrected chi connectivity index (χ3v) is 4.91. The van der Waals surface area contributed by atoms with Gasteiger partial charge >= 0.3 is 0 Å². The molecule has 0 spiro atoms. The molecule has 0 N–H and O–H groups in total. The average molecular weight is 377 g/mol. The number of hydrogen-bond acceptors (Lipinski definition) is 2. The van der Waals surface area contributed by atoms with Crippen LogP contribution in [-0.2, 0) is 18.4 Å². The number of nitrogens with zero attached hydrogens (tertiary/aromatic N) is 4. The van der Waals surface area contributed by atoms with Crippen molar-refractivity contribution in [3.63, 3.8) is 0 Å². The molecule has 5 heteroatoms. The first kappa shape index (κ1) is 19.7. The summed E-state index contributed by atoms with van der Waals surface area (Å²) in [5.74, 6) is 0.00312. The Morgan fingerprint density at radius 3 is 2.54 bits per heavy atom. The summed E-state index contributed by atoms with van der Waals surface area (Å²) in [5, 5.41) is 4.19. The van der Waals surface area contributed by atoms with E-state index in [0.717, 1.165) is 28.2 Å². The highest BCUT2D eigenvalue weighted by molar-refractivity contribution is 5.92. The van der Waals surface area contributed by atoms with Crippen LogP contribution in [0.15, 0.2) is 54.9 Å². The van der Waals surface area contributed by atoms with Gasteiger partial charge in [-0.25, -0.2) is 0 Å². The van der Waals surface area contributed by atoms with Crippen LogP contribution in [0.25, 0.3) is 11.8 Å². The molecule has 3 aromatic rings. The molecule has 5 nitrogen and oxygen atoms in total. The fourth-order valence-electron chi connectivity index (χ4n) is 3.45. The summed E-state index contributed by atoms with van der Waals surface area (Å²) in [4.78, 5) is 14.7. The van der Waals surface area contributed by atoms with Gasteiger partial charge in [0.25, 0.3) is 0 Å². The van der Waals surface area contributed by atoms with Gasteiger partial charge in [0, 0.05) is 54.5 Å². The van der Waals surface area contributed by atoms with E-state index in [1.807, 2.05) is 56.3 Å². The topological polar surface area (TPSA) is 43.1 Å². The minimum absolute atomic E-state index is 0.00312. The van der Waals surface area contributed by atoms with Crippen LogP contribution in [0.3, 0.4) is 0 Å². The maximum absolute atomic E-state index is 12.8. The van der Waals surface area contributed by atoms with Crippen molar-refractivity contribution in [2.45, 2.75) is 40.3 Å². The lowest BCUT2D eigenvalue weighted by atomic mass is 10.2. The molecule has 28 heavy (non-hydrogen) atoms. The SMILES string of the molecule is Cc1cc(C=CC(=O)N(Cc2cnn(C)c2)C(C)C)c(C)n1-c1ccccc1. The monoisotopic (exact) mass is 376 g/mol. The van der Waals surface area contributed by atoms with Gasteiger partial charge in [0.05, 0.1) is 6.20 Å².